The Balaban J connectivity index is 1.38. The van der Waals surface area contributed by atoms with Gasteiger partial charge in [-0.15, -0.1) is 0 Å². The lowest BCUT2D eigenvalue weighted by atomic mass is 10.0. The van der Waals surface area contributed by atoms with Crippen LogP contribution in [0.15, 0.2) is 48.9 Å². The molecule has 36 heavy (non-hydrogen) atoms. The zero-order valence-electron chi connectivity index (χ0n) is 20.0. The summed E-state index contributed by atoms with van der Waals surface area (Å²) in [5.41, 5.74) is 4.14. The molecule has 0 spiro atoms. The summed E-state index contributed by atoms with van der Waals surface area (Å²) >= 11 is 12.5. The van der Waals surface area contributed by atoms with Crippen molar-refractivity contribution in [2.24, 2.45) is 0 Å². The maximum absolute atomic E-state index is 9.69. The second-order valence-electron chi connectivity index (χ2n) is 9.12. The molecule has 0 amide bonds. The topological polar surface area (TPSA) is 94.2 Å². The van der Waals surface area contributed by atoms with Gasteiger partial charge in [-0.3, -0.25) is 4.40 Å². The minimum absolute atomic E-state index is 0.0592. The number of rotatable bonds is 6. The van der Waals surface area contributed by atoms with E-state index < -0.39 is 0 Å². The van der Waals surface area contributed by atoms with Crippen LogP contribution in [0, 0.1) is 11.3 Å². The highest BCUT2D eigenvalue weighted by molar-refractivity contribution is 6.36. The molecule has 3 aromatic heterocycles. The maximum Gasteiger partial charge on any atom is 0.223 e. The lowest BCUT2D eigenvalue weighted by molar-refractivity contribution is 0.264. The number of pyridine rings is 1. The third kappa shape index (κ3) is 5.09. The van der Waals surface area contributed by atoms with E-state index in [4.69, 9.17) is 23.2 Å². The number of piperidine rings is 1. The Hall–Kier alpha value is -3.38. The number of likely N-dealkylation sites (tertiary alicyclic amines) is 1. The van der Waals surface area contributed by atoms with Crippen LogP contribution in [0.1, 0.15) is 36.9 Å². The van der Waals surface area contributed by atoms with E-state index in [1.54, 1.807) is 22.9 Å². The number of nitriles is 1. The van der Waals surface area contributed by atoms with E-state index in [1.807, 2.05) is 0 Å². The third-order valence-electron chi connectivity index (χ3n) is 6.50. The van der Waals surface area contributed by atoms with Crippen molar-refractivity contribution in [1.29, 1.82) is 5.26 Å². The van der Waals surface area contributed by atoms with Gasteiger partial charge in [0.05, 0.1) is 39.7 Å². The summed E-state index contributed by atoms with van der Waals surface area (Å²) in [4.78, 5) is 15.8. The van der Waals surface area contributed by atoms with Gasteiger partial charge in [0.1, 0.15) is 11.8 Å². The van der Waals surface area contributed by atoms with Crippen LogP contribution in [0.3, 0.4) is 0 Å². The molecule has 4 aromatic rings. The average Bonchev–Trinajstić information content (AvgIpc) is 3.29. The Kier molecular flexibility index (Phi) is 6.97. The van der Waals surface area contributed by atoms with Crippen LogP contribution in [0.2, 0.25) is 10.0 Å². The van der Waals surface area contributed by atoms with Crippen LogP contribution in [-0.2, 0) is 0 Å². The normalized spacial score (nSPS) is 15.5. The molecule has 1 aromatic carbocycles. The zero-order valence-corrected chi connectivity index (χ0v) is 21.6. The quantitative estimate of drug-likeness (QED) is 0.339. The molecule has 2 N–H and O–H groups in total. The molecule has 0 radical (unpaired) electrons. The fourth-order valence-electron chi connectivity index (χ4n) is 4.48. The van der Waals surface area contributed by atoms with Gasteiger partial charge in [-0.25, -0.2) is 15.0 Å². The lowest BCUT2D eigenvalue weighted by Crippen LogP contribution is -2.36. The Morgan fingerprint density at radius 3 is 2.72 bits per heavy atom. The van der Waals surface area contributed by atoms with E-state index in [9.17, 15) is 5.26 Å². The van der Waals surface area contributed by atoms with Crippen molar-refractivity contribution in [3.8, 4) is 17.5 Å². The van der Waals surface area contributed by atoms with Crippen LogP contribution in [0.5, 0.6) is 0 Å². The number of halogens is 2. The average molecular weight is 521 g/mol. The van der Waals surface area contributed by atoms with Crippen molar-refractivity contribution in [2.75, 3.05) is 30.8 Å². The summed E-state index contributed by atoms with van der Waals surface area (Å²) in [6.45, 7) is 4.28. The van der Waals surface area contributed by atoms with Crippen LogP contribution in [0.25, 0.3) is 17.0 Å². The fraction of sp³-hybridized carbons (Fsp3) is 0.308. The number of fused-ring (bicyclic) bond motifs is 1. The highest BCUT2D eigenvalue weighted by Gasteiger charge is 2.19. The van der Waals surface area contributed by atoms with Gasteiger partial charge >= 0.3 is 0 Å². The van der Waals surface area contributed by atoms with Crippen LogP contribution in [0.4, 0.5) is 11.6 Å². The van der Waals surface area contributed by atoms with E-state index >= 15 is 0 Å². The van der Waals surface area contributed by atoms with Crippen molar-refractivity contribution in [1.82, 2.24) is 24.3 Å². The van der Waals surface area contributed by atoms with Gasteiger partial charge < -0.3 is 15.5 Å². The predicted molar refractivity (Wildman–Crippen MR) is 144 cm³/mol. The molecule has 1 aliphatic rings. The van der Waals surface area contributed by atoms with Gasteiger partial charge in [-0.2, -0.15) is 5.26 Å². The highest BCUT2D eigenvalue weighted by atomic mass is 35.5. The fourth-order valence-corrected chi connectivity index (χ4v) is 5.00. The number of nitrogens with one attached hydrogen (secondary N) is 2. The first-order valence-corrected chi connectivity index (χ1v) is 12.6. The number of aromatic nitrogens is 4. The highest BCUT2D eigenvalue weighted by Crippen LogP contribution is 2.29. The van der Waals surface area contributed by atoms with E-state index in [2.05, 4.69) is 74.8 Å². The summed E-state index contributed by atoms with van der Waals surface area (Å²) in [5.74, 6) is 0.410. The predicted octanol–water partition coefficient (Wildman–Crippen LogP) is 5.65. The molecule has 1 fully saturated rings. The van der Waals surface area contributed by atoms with Crippen LogP contribution in [-0.4, -0.2) is 50.4 Å². The van der Waals surface area contributed by atoms with E-state index in [1.165, 1.54) is 6.20 Å². The number of benzene rings is 1. The van der Waals surface area contributed by atoms with E-state index in [-0.39, 0.29) is 6.04 Å². The molecule has 8 nitrogen and oxygen atoms in total. The standard InChI is InChI=1S/C26H26Cl2N8/c1-16(17-4-3-5-21(10-17)33-20-6-8-35(2)9-7-20)32-26-31-13-18(12-29)24(34-26)23-14-30-25-22(28)11-19(27)15-36(23)25/h3-5,10-11,13-16,20,33H,6-9H2,1-2H3,(H,31,32,34)/t16-/m0/s1. The Labute approximate surface area is 219 Å². The van der Waals surface area contributed by atoms with E-state index in [0.29, 0.717) is 44.6 Å². The lowest BCUT2D eigenvalue weighted by Gasteiger charge is -2.30. The van der Waals surface area contributed by atoms with E-state index in [0.717, 1.165) is 37.2 Å². The molecule has 0 aliphatic carbocycles. The van der Waals surface area contributed by atoms with Crippen LogP contribution >= 0.6 is 23.2 Å². The number of anilines is 2. The molecule has 1 saturated heterocycles. The Bertz CT molecular complexity index is 1440. The molecule has 0 unspecified atom stereocenters. The Morgan fingerprint density at radius 2 is 1.94 bits per heavy atom. The molecule has 0 bridgehead atoms. The number of imidazole rings is 1. The van der Waals surface area contributed by atoms with Gasteiger partial charge in [-0.1, -0.05) is 35.3 Å². The molecule has 5 rings (SSSR count). The first-order valence-electron chi connectivity index (χ1n) is 11.8. The summed E-state index contributed by atoms with van der Waals surface area (Å²) in [6, 6.07) is 12.6. The molecule has 1 atom stereocenters. The van der Waals surface area contributed by atoms with Gasteiger partial charge in [0.15, 0.2) is 5.65 Å². The van der Waals surface area contributed by atoms with Gasteiger partial charge in [0.2, 0.25) is 5.95 Å². The molecule has 184 valence electrons. The number of nitrogens with zero attached hydrogens (tertiary/aromatic N) is 6. The molecule has 0 saturated carbocycles. The molecule has 4 heterocycles. The SMILES string of the molecule is C[C@H](Nc1ncc(C#N)c(-c2cnc3c(Cl)cc(Cl)cn23)n1)c1cccc(NC2CCN(C)CC2)c1. The molecular formula is C26H26Cl2N8. The summed E-state index contributed by atoms with van der Waals surface area (Å²) < 4.78 is 1.74. The second-order valence-corrected chi connectivity index (χ2v) is 9.97. The largest absolute Gasteiger partial charge is 0.382 e. The maximum atomic E-state index is 9.69. The van der Waals surface area contributed by atoms with Crippen LogP contribution < -0.4 is 10.6 Å². The third-order valence-corrected chi connectivity index (χ3v) is 6.99. The molecule has 10 heteroatoms. The van der Waals surface area contributed by atoms with Gasteiger partial charge in [0.25, 0.3) is 0 Å². The summed E-state index contributed by atoms with van der Waals surface area (Å²) in [5, 5.41) is 17.6. The van der Waals surface area contributed by atoms with Crippen molar-refractivity contribution in [3.05, 3.63) is 70.1 Å². The Morgan fingerprint density at radius 1 is 1.14 bits per heavy atom. The minimum atomic E-state index is -0.0592. The summed E-state index contributed by atoms with van der Waals surface area (Å²) in [6.07, 6.45) is 7.12. The molecule has 1 aliphatic heterocycles. The minimum Gasteiger partial charge on any atom is -0.382 e. The summed E-state index contributed by atoms with van der Waals surface area (Å²) in [7, 11) is 2.17. The monoisotopic (exact) mass is 520 g/mol. The van der Waals surface area contributed by atoms with Crippen molar-refractivity contribution in [2.45, 2.75) is 31.8 Å². The van der Waals surface area contributed by atoms with Gasteiger partial charge in [-0.05, 0) is 63.7 Å². The van der Waals surface area contributed by atoms with Crippen molar-refractivity contribution in [3.63, 3.8) is 0 Å². The zero-order chi connectivity index (χ0) is 25.2. The number of hydrogen-bond acceptors (Lipinski definition) is 7. The van der Waals surface area contributed by atoms with Crippen molar-refractivity contribution < 1.29 is 0 Å². The smallest absolute Gasteiger partial charge is 0.223 e. The second kappa shape index (κ2) is 10.3. The first kappa shape index (κ1) is 24.3. The number of hydrogen-bond donors (Lipinski definition) is 2. The molecular weight excluding hydrogens is 495 g/mol. The van der Waals surface area contributed by atoms with Crippen molar-refractivity contribution >= 4 is 40.5 Å². The van der Waals surface area contributed by atoms with Gasteiger partial charge in [0, 0.05) is 17.9 Å². The first-order chi connectivity index (χ1) is 17.4.